The minimum atomic E-state index is -0.631. The number of carbonyl (C=O) groups is 1. The van der Waals surface area contributed by atoms with Crippen LogP contribution in [0.3, 0.4) is 0 Å². The molecule has 0 aliphatic carbocycles. The molecule has 3 heterocycles. The van der Waals surface area contributed by atoms with Gasteiger partial charge >= 0.3 is 0 Å². The van der Waals surface area contributed by atoms with E-state index in [0.29, 0.717) is 16.8 Å². The van der Waals surface area contributed by atoms with Crippen molar-refractivity contribution in [3.8, 4) is 16.9 Å². The maximum Gasteiger partial charge on any atom is 0.255 e. The summed E-state index contributed by atoms with van der Waals surface area (Å²) < 4.78 is 59.9. The van der Waals surface area contributed by atoms with Crippen molar-refractivity contribution >= 4 is 23.2 Å². The smallest absolute Gasteiger partial charge is 0.255 e. The van der Waals surface area contributed by atoms with Gasteiger partial charge in [0.15, 0.2) is 0 Å². The van der Waals surface area contributed by atoms with Gasteiger partial charge in [0.05, 0.1) is 15.3 Å². The lowest BCUT2D eigenvalue weighted by molar-refractivity contribution is 0.102. The van der Waals surface area contributed by atoms with Crippen molar-refractivity contribution in [3.63, 3.8) is 0 Å². The Labute approximate surface area is 219 Å². The number of nitrogens with zero attached hydrogens (tertiary/aromatic N) is 4. The first-order valence-corrected chi connectivity index (χ1v) is 11.1. The van der Waals surface area contributed by atoms with Gasteiger partial charge in [-0.3, -0.25) is 9.78 Å². The number of amides is 1. The summed E-state index contributed by atoms with van der Waals surface area (Å²) in [5.74, 6) is -0.582. The van der Waals surface area contributed by atoms with Crippen LogP contribution in [0.1, 0.15) is 36.6 Å². The van der Waals surface area contributed by atoms with E-state index in [1.165, 1.54) is 25.3 Å². The second-order valence-electron chi connectivity index (χ2n) is 8.11. The molecule has 1 amide bonds. The lowest BCUT2D eigenvalue weighted by atomic mass is 10.1. The summed E-state index contributed by atoms with van der Waals surface area (Å²) in [5.41, 5.74) is 2.60. The summed E-state index contributed by atoms with van der Waals surface area (Å²) in [6.45, 7) is 4.97. The van der Waals surface area contributed by atoms with Gasteiger partial charge in [0.25, 0.3) is 5.91 Å². The molecule has 0 aliphatic heterocycles. The first-order valence-electron chi connectivity index (χ1n) is 14.6. The molecule has 178 valence electrons. The van der Waals surface area contributed by atoms with E-state index in [-0.39, 0.29) is 76.8 Å². The number of pyridine rings is 1. The molecule has 0 saturated heterocycles. The molecule has 2 aromatic carbocycles. The zero-order valence-corrected chi connectivity index (χ0v) is 19.8. The second-order valence-corrected chi connectivity index (χ2v) is 8.11. The fourth-order valence-electron chi connectivity index (χ4n) is 3.47. The molecule has 36 heavy (non-hydrogen) atoms. The summed E-state index contributed by atoms with van der Waals surface area (Å²) >= 11 is 0. The van der Waals surface area contributed by atoms with Crippen LogP contribution in [0, 0.1) is 20.8 Å². The largest absolute Gasteiger partial charge is 0.324 e. The van der Waals surface area contributed by atoms with E-state index in [4.69, 9.17) is 9.60 Å². The molecular weight excluding hydrogens is 448 g/mol. The molecule has 3 aromatic heterocycles. The molecule has 0 spiro atoms. The monoisotopic (exact) mass is 481 g/mol. The maximum atomic E-state index is 13.4. The molecule has 0 atom stereocenters. The summed E-state index contributed by atoms with van der Waals surface area (Å²) in [6, 6.07) is 8.77. The van der Waals surface area contributed by atoms with Gasteiger partial charge in [0.2, 0.25) is 5.95 Å². The maximum absolute atomic E-state index is 13.4. The molecule has 0 aliphatic rings. The zero-order valence-electron chi connectivity index (χ0n) is 26.8. The first kappa shape index (κ1) is 16.0. The SMILES string of the molecule is [2H]c1nc(Nc2cc(C(=O)Nc3c([2H])c(C)c([2H])c(-n4c([2H])cc(C)c4[2H])c3[2H])ccc2C)nc(-c2cccnc2)c1[2H]. The van der Waals surface area contributed by atoms with Crippen LogP contribution in [0.5, 0.6) is 0 Å². The topological polar surface area (TPSA) is 84.7 Å². The Morgan fingerprint density at radius 3 is 2.72 bits per heavy atom. The fraction of sp³-hybridized carbons (Fsp3) is 0.103. The molecule has 5 rings (SSSR count). The molecule has 0 bridgehead atoms. The number of hydrogen-bond acceptors (Lipinski definition) is 5. The second kappa shape index (κ2) is 9.84. The lowest BCUT2D eigenvalue weighted by Gasteiger charge is -2.13. The molecule has 7 heteroatoms. The van der Waals surface area contributed by atoms with Crippen LogP contribution in [-0.4, -0.2) is 25.4 Å². The molecule has 0 unspecified atom stereocenters. The Hall–Kier alpha value is -4.78. The highest BCUT2D eigenvalue weighted by molar-refractivity contribution is 6.05. The van der Waals surface area contributed by atoms with Crippen LogP contribution in [-0.2, 0) is 0 Å². The molecule has 2 N–H and O–H groups in total. The predicted octanol–water partition coefficient (Wildman–Crippen LogP) is 6.25. The number of rotatable bonds is 6. The van der Waals surface area contributed by atoms with Gasteiger partial charge in [-0.2, -0.15) is 0 Å². The van der Waals surface area contributed by atoms with Crippen molar-refractivity contribution in [2.45, 2.75) is 20.8 Å². The van der Waals surface area contributed by atoms with Gasteiger partial charge in [-0.1, -0.05) is 6.07 Å². The van der Waals surface area contributed by atoms with Crippen LogP contribution in [0.2, 0.25) is 0 Å². The van der Waals surface area contributed by atoms with Gasteiger partial charge in [-0.25, -0.2) is 9.97 Å². The number of carbonyl (C=O) groups excluding carboxylic acids is 1. The van der Waals surface area contributed by atoms with Gasteiger partial charge in [0, 0.05) is 59.1 Å². The molecule has 7 nitrogen and oxygen atoms in total. The van der Waals surface area contributed by atoms with E-state index < -0.39 is 5.91 Å². The summed E-state index contributed by atoms with van der Waals surface area (Å²) in [7, 11) is 0. The number of aromatic nitrogens is 4. The van der Waals surface area contributed by atoms with E-state index in [1.54, 1.807) is 44.3 Å². The lowest BCUT2D eigenvalue weighted by Crippen LogP contribution is -2.13. The third-order valence-electron chi connectivity index (χ3n) is 5.26. The number of hydrogen-bond donors (Lipinski definition) is 2. The molecule has 0 radical (unpaired) electrons. The van der Waals surface area contributed by atoms with Crippen LogP contribution in [0.25, 0.3) is 16.9 Å². The van der Waals surface area contributed by atoms with Crippen molar-refractivity contribution < 1.29 is 14.4 Å². The van der Waals surface area contributed by atoms with Crippen molar-refractivity contribution in [1.82, 2.24) is 19.5 Å². The summed E-state index contributed by atoms with van der Waals surface area (Å²) in [5, 5.41) is 5.65. The number of nitrogens with one attached hydrogen (secondary N) is 2. The van der Waals surface area contributed by atoms with Crippen LogP contribution < -0.4 is 10.6 Å². The summed E-state index contributed by atoms with van der Waals surface area (Å²) in [6.07, 6.45) is 2.69. The van der Waals surface area contributed by atoms with E-state index in [2.05, 4.69) is 25.6 Å². The van der Waals surface area contributed by atoms with Gasteiger partial charge < -0.3 is 15.2 Å². The van der Waals surface area contributed by atoms with Crippen molar-refractivity contribution in [2.75, 3.05) is 10.6 Å². The van der Waals surface area contributed by atoms with Crippen molar-refractivity contribution in [3.05, 3.63) is 114 Å². The van der Waals surface area contributed by atoms with E-state index in [0.717, 1.165) is 10.1 Å². The quantitative estimate of drug-likeness (QED) is 0.299. The minimum absolute atomic E-state index is 0.0492. The average molecular weight is 482 g/mol. The highest BCUT2D eigenvalue weighted by atomic mass is 16.1. The molecule has 0 saturated carbocycles. The Balaban J connectivity index is 1.50. The van der Waals surface area contributed by atoms with Gasteiger partial charge in [0.1, 0.15) is 0 Å². The third kappa shape index (κ3) is 5.15. The van der Waals surface area contributed by atoms with Gasteiger partial charge in [-0.15, -0.1) is 0 Å². The van der Waals surface area contributed by atoms with Crippen LogP contribution in [0.15, 0.2) is 91.5 Å². The zero-order chi connectivity index (χ0) is 31.2. The predicted molar refractivity (Wildman–Crippen MR) is 143 cm³/mol. The Kier molecular flexibility index (Phi) is 4.37. The standard InChI is InChI=1S/C29H26N6O/c1-19-9-12-35(18-19)25-14-20(2)13-24(16-25)32-28(36)22-7-6-21(3)27(15-22)34-29-31-11-8-26(33-29)23-5-4-10-30-17-23/h4-18H,1-3H3,(H,32,36)(H,31,33,34)/i8D,11D,12D,13D,14D,16D,18D. The molecule has 0 fully saturated rings. The highest BCUT2D eigenvalue weighted by Crippen LogP contribution is 2.24. The van der Waals surface area contributed by atoms with Crippen molar-refractivity contribution in [1.29, 1.82) is 0 Å². The fourth-order valence-corrected chi connectivity index (χ4v) is 3.47. The van der Waals surface area contributed by atoms with Crippen LogP contribution in [0.4, 0.5) is 17.3 Å². The molecule has 5 aromatic rings. The van der Waals surface area contributed by atoms with Crippen molar-refractivity contribution in [2.24, 2.45) is 0 Å². The van der Waals surface area contributed by atoms with E-state index in [1.807, 2.05) is 0 Å². The Bertz CT molecular complexity index is 1910. The van der Waals surface area contributed by atoms with Crippen LogP contribution >= 0.6 is 0 Å². The minimum Gasteiger partial charge on any atom is -0.324 e. The highest BCUT2D eigenvalue weighted by Gasteiger charge is 2.12. The normalized spacial score (nSPS) is 13.5. The van der Waals surface area contributed by atoms with E-state index in [9.17, 15) is 4.79 Å². The number of aryl methyl sites for hydroxylation is 2. The molecular formula is C29H26N6O. The Morgan fingerprint density at radius 2 is 1.94 bits per heavy atom. The van der Waals surface area contributed by atoms with Gasteiger partial charge in [-0.05, 0) is 92.0 Å². The van der Waals surface area contributed by atoms with E-state index >= 15 is 0 Å². The number of benzene rings is 2. The average Bonchev–Trinajstić information content (AvgIpc) is 3.23. The third-order valence-corrected chi connectivity index (χ3v) is 5.26. The summed E-state index contributed by atoms with van der Waals surface area (Å²) in [4.78, 5) is 26.0. The first-order chi connectivity index (χ1) is 20.4. The Morgan fingerprint density at radius 1 is 1.06 bits per heavy atom. The number of anilines is 3.